The molecule has 2 fully saturated rings. The third-order valence-electron chi connectivity index (χ3n) is 8.13. The molecule has 2 heterocycles. The number of thioether (sulfide) groups is 1. The lowest BCUT2D eigenvalue weighted by atomic mass is 9.71. The normalized spacial score (nSPS) is 19.5. The van der Waals surface area contributed by atoms with E-state index < -0.39 is 18.7 Å². The molecule has 1 aliphatic heterocycles. The maximum Gasteiger partial charge on any atom is 0.303 e. The molecule has 1 saturated heterocycles. The van der Waals surface area contributed by atoms with Crippen molar-refractivity contribution in [3.05, 3.63) is 35.5 Å². The van der Waals surface area contributed by atoms with E-state index in [0.29, 0.717) is 40.6 Å². The van der Waals surface area contributed by atoms with Gasteiger partial charge in [0.1, 0.15) is 12.4 Å². The molecule has 1 aromatic carbocycles. The van der Waals surface area contributed by atoms with Crippen molar-refractivity contribution in [1.82, 2.24) is 9.88 Å². The van der Waals surface area contributed by atoms with Crippen LogP contribution in [0.5, 0.6) is 5.75 Å². The summed E-state index contributed by atoms with van der Waals surface area (Å²) in [6.45, 7) is 2.11. The van der Waals surface area contributed by atoms with Gasteiger partial charge in [-0.05, 0) is 80.8 Å². The molecule has 2 N–H and O–H groups in total. The minimum atomic E-state index is -0.903. The van der Waals surface area contributed by atoms with Gasteiger partial charge < -0.3 is 19.8 Å². The van der Waals surface area contributed by atoms with Crippen LogP contribution in [0, 0.1) is 5.41 Å². The Morgan fingerprint density at radius 3 is 2.72 bits per heavy atom. The number of rotatable bonds is 12. The summed E-state index contributed by atoms with van der Waals surface area (Å²) in [5.74, 6) is 0.965. The highest BCUT2D eigenvalue weighted by molar-refractivity contribution is 7.99. The van der Waals surface area contributed by atoms with E-state index in [0.717, 1.165) is 43.5 Å². The molecule has 6 nitrogen and oxygen atoms in total. The average molecular weight is 519 g/mol. The Morgan fingerprint density at radius 1 is 1.31 bits per heavy atom. The van der Waals surface area contributed by atoms with Crippen LogP contribution in [0.25, 0.3) is 10.9 Å². The van der Waals surface area contributed by atoms with Crippen molar-refractivity contribution in [2.24, 2.45) is 5.41 Å². The first kappa shape index (κ1) is 27.1. The number of hydrogen-bond donors (Lipinski definition) is 2. The van der Waals surface area contributed by atoms with Gasteiger partial charge in [-0.1, -0.05) is 12.8 Å². The van der Waals surface area contributed by atoms with Crippen molar-refractivity contribution in [3.8, 4) is 5.75 Å². The van der Waals surface area contributed by atoms with E-state index in [4.69, 9.17) is 4.74 Å². The molecular formula is C28H39FN2O4S. The number of likely N-dealkylation sites (tertiary alicyclic amines) is 1. The van der Waals surface area contributed by atoms with Crippen LogP contribution in [0.2, 0.25) is 0 Å². The number of carboxylic acid groups (broad SMARTS) is 1. The van der Waals surface area contributed by atoms with Gasteiger partial charge in [0.2, 0.25) is 0 Å². The van der Waals surface area contributed by atoms with Crippen molar-refractivity contribution in [2.75, 3.05) is 32.5 Å². The van der Waals surface area contributed by atoms with Crippen molar-refractivity contribution < 1.29 is 24.1 Å². The predicted molar refractivity (Wildman–Crippen MR) is 142 cm³/mol. The number of aliphatic hydroxyl groups is 1. The van der Waals surface area contributed by atoms with Crippen LogP contribution in [0.4, 0.5) is 4.39 Å². The summed E-state index contributed by atoms with van der Waals surface area (Å²) < 4.78 is 19.2. The number of aliphatic hydroxyl groups excluding tert-OH is 1. The van der Waals surface area contributed by atoms with Gasteiger partial charge in [-0.3, -0.25) is 9.78 Å². The lowest BCUT2D eigenvalue weighted by molar-refractivity contribution is -0.141. The third-order valence-corrected chi connectivity index (χ3v) is 9.49. The summed E-state index contributed by atoms with van der Waals surface area (Å²) in [6, 6.07) is 5.39. The lowest BCUT2D eigenvalue weighted by Crippen LogP contribution is -2.42. The first-order chi connectivity index (χ1) is 17.4. The Morgan fingerprint density at radius 2 is 2.06 bits per heavy atom. The third kappa shape index (κ3) is 6.69. The number of nitrogens with zero attached hydrogens (tertiary/aromatic N) is 2. The number of aromatic nitrogens is 1. The molecule has 8 heteroatoms. The molecule has 36 heavy (non-hydrogen) atoms. The Balaban J connectivity index is 1.41. The van der Waals surface area contributed by atoms with Crippen molar-refractivity contribution in [3.63, 3.8) is 0 Å². The quantitative estimate of drug-likeness (QED) is 0.370. The molecule has 0 bridgehead atoms. The number of pyridine rings is 1. The average Bonchev–Trinajstić information content (AvgIpc) is 3.40. The molecule has 1 aromatic heterocycles. The van der Waals surface area contributed by atoms with E-state index >= 15 is 0 Å². The maximum absolute atomic E-state index is 13.9. The van der Waals surface area contributed by atoms with Gasteiger partial charge in [-0.15, -0.1) is 0 Å². The first-order valence-electron chi connectivity index (χ1n) is 13.2. The number of ether oxygens (including phenoxy) is 1. The highest BCUT2D eigenvalue weighted by Crippen LogP contribution is 2.42. The largest absolute Gasteiger partial charge is 0.497 e. The maximum atomic E-state index is 13.9. The second kappa shape index (κ2) is 12.6. The van der Waals surface area contributed by atoms with Crippen LogP contribution in [-0.4, -0.2) is 63.8 Å². The first-order valence-corrected chi connectivity index (χ1v) is 14.2. The smallest absolute Gasteiger partial charge is 0.303 e. The van der Waals surface area contributed by atoms with Gasteiger partial charge in [0.25, 0.3) is 0 Å². The molecule has 0 amide bonds. The van der Waals surface area contributed by atoms with Gasteiger partial charge in [0, 0.05) is 34.7 Å². The summed E-state index contributed by atoms with van der Waals surface area (Å²) in [6.07, 6.45) is 8.69. The number of fused-ring (bicyclic) bond motifs is 1. The number of methoxy groups -OCH3 is 1. The summed E-state index contributed by atoms with van der Waals surface area (Å²) in [5, 5.41) is 22.4. The van der Waals surface area contributed by atoms with Crippen molar-refractivity contribution in [1.29, 1.82) is 0 Å². The predicted octanol–water partition coefficient (Wildman–Crippen LogP) is 5.76. The number of carbonyl (C=O) groups is 1. The molecule has 0 spiro atoms. The molecule has 1 aliphatic carbocycles. The molecular weight excluding hydrogens is 479 g/mol. The van der Waals surface area contributed by atoms with E-state index in [1.807, 2.05) is 0 Å². The number of piperidine rings is 1. The van der Waals surface area contributed by atoms with E-state index in [-0.39, 0.29) is 11.8 Å². The monoisotopic (exact) mass is 518 g/mol. The molecule has 198 valence electrons. The number of carboxylic acids is 1. The van der Waals surface area contributed by atoms with Crippen LogP contribution in [0.3, 0.4) is 0 Å². The topological polar surface area (TPSA) is 82.9 Å². The van der Waals surface area contributed by atoms with Gasteiger partial charge in [-0.25, -0.2) is 4.39 Å². The minimum absolute atomic E-state index is 0.102. The Bertz CT molecular complexity index is 1020. The van der Waals surface area contributed by atoms with Crippen LogP contribution in [-0.2, 0) is 11.5 Å². The Labute approximate surface area is 217 Å². The highest BCUT2D eigenvalue weighted by Gasteiger charge is 2.37. The molecule has 0 unspecified atom stereocenters. The van der Waals surface area contributed by atoms with Gasteiger partial charge in [0.05, 0.1) is 25.2 Å². The second-order valence-electron chi connectivity index (χ2n) is 10.5. The molecule has 2 aromatic rings. The summed E-state index contributed by atoms with van der Waals surface area (Å²) in [5.41, 5.74) is 1.22. The van der Waals surface area contributed by atoms with E-state index in [1.165, 1.54) is 31.9 Å². The standard InChI is InChI=1S/C28H39FN2O4S/c1-35-21-6-7-24-23(16-21)27(20(18-29)19-30-24)25(32)8-9-28(17-26(33)34)10-12-31(13-11-28)14-15-36-22-4-2-3-5-22/h6-7,16,19,22,25,32H,2-5,8-15,17-18H2,1H3,(H,33,34)/t25-/m1/s1. The van der Waals surface area contributed by atoms with Gasteiger partial charge in [-0.2, -0.15) is 11.8 Å². The van der Waals surface area contributed by atoms with Gasteiger partial charge in [0.15, 0.2) is 0 Å². The van der Waals surface area contributed by atoms with E-state index in [2.05, 4.69) is 21.6 Å². The highest BCUT2D eigenvalue weighted by atomic mass is 32.2. The number of halogens is 1. The number of aliphatic carboxylic acids is 1. The number of alkyl halides is 1. The zero-order valence-electron chi connectivity index (χ0n) is 21.3. The SMILES string of the molecule is COc1ccc2ncc(CF)c([C@H](O)CCC3(CC(=O)O)CCN(CCSC4CCCC4)CC3)c2c1. The molecule has 2 aliphatic rings. The molecule has 1 saturated carbocycles. The van der Waals surface area contributed by atoms with Gasteiger partial charge >= 0.3 is 5.97 Å². The van der Waals surface area contributed by atoms with Crippen LogP contribution < -0.4 is 4.74 Å². The van der Waals surface area contributed by atoms with Crippen LogP contribution in [0.15, 0.2) is 24.4 Å². The van der Waals surface area contributed by atoms with E-state index in [9.17, 15) is 19.4 Å². The number of benzene rings is 1. The Kier molecular flexibility index (Phi) is 9.47. The lowest BCUT2D eigenvalue weighted by Gasteiger charge is -2.41. The fourth-order valence-corrected chi connectivity index (χ4v) is 7.30. The molecule has 1 atom stereocenters. The van der Waals surface area contributed by atoms with Crippen molar-refractivity contribution >= 4 is 28.6 Å². The number of hydrogen-bond acceptors (Lipinski definition) is 6. The summed E-state index contributed by atoms with van der Waals surface area (Å²) >= 11 is 2.09. The summed E-state index contributed by atoms with van der Waals surface area (Å²) in [7, 11) is 1.57. The van der Waals surface area contributed by atoms with Crippen LogP contribution in [0.1, 0.15) is 75.0 Å². The van der Waals surface area contributed by atoms with Crippen molar-refractivity contribution in [2.45, 2.75) is 75.8 Å². The Hall–Kier alpha value is -1.90. The fraction of sp³-hybridized carbons (Fsp3) is 0.643. The zero-order chi connectivity index (χ0) is 25.5. The summed E-state index contributed by atoms with van der Waals surface area (Å²) in [4.78, 5) is 18.6. The van der Waals surface area contributed by atoms with E-state index in [1.54, 1.807) is 25.3 Å². The zero-order valence-corrected chi connectivity index (χ0v) is 22.1. The second-order valence-corrected chi connectivity index (χ2v) is 11.9. The molecule has 4 rings (SSSR count). The van der Waals surface area contributed by atoms with Crippen LogP contribution >= 0.6 is 11.8 Å². The molecule has 0 radical (unpaired) electrons. The minimum Gasteiger partial charge on any atom is -0.497 e. The fourth-order valence-electron chi connectivity index (χ4n) is 5.94.